The first-order valence-electron chi connectivity index (χ1n) is 6.26. The van der Waals surface area contributed by atoms with Gasteiger partial charge in [-0.3, -0.25) is 0 Å². The lowest BCUT2D eigenvalue weighted by Crippen LogP contribution is -2.51. The zero-order valence-electron chi connectivity index (χ0n) is 11.2. The maximum absolute atomic E-state index is 9.78. The smallest absolute Gasteiger partial charge is 0.111 e. The second kappa shape index (κ2) is 10.9. The standard InChI is InChI=1S/C11H24N2O5.2ClH/c12-7-1-3-13(4-2-7)5-8(15)10(17)11(18)9(16)6-14;;/h7-11,14-18H,1-6,12H2;2*1H/t8?,9-,10-,11-;;/m1../s1. The van der Waals surface area contributed by atoms with Crippen molar-refractivity contribution >= 4 is 24.8 Å². The number of rotatable bonds is 6. The summed E-state index contributed by atoms with van der Waals surface area (Å²) in [4.78, 5) is 1.95. The monoisotopic (exact) mass is 336 g/mol. The molecule has 0 spiro atoms. The van der Waals surface area contributed by atoms with Crippen LogP contribution in [0.4, 0.5) is 0 Å². The molecule has 0 bridgehead atoms. The van der Waals surface area contributed by atoms with Crippen LogP contribution in [-0.4, -0.2) is 87.1 Å². The molecule has 9 heteroatoms. The van der Waals surface area contributed by atoms with Gasteiger partial charge < -0.3 is 36.2 Å². The molecule has 1 aliphatic heterocycles. The minimum absolute atomic E-state index is 0. The number of aliphatic hydroxyl groups is 5. The van der Waals surface area contributed by atoms with E-state index in [2.05, 4.69) is 0 Å². The number of nitrogens with two attached hydrogens (primary N) is 1. The number of β-amino-alcohol motifs (C(OH)–C–C–N with tert-alkyl or cyclic N) is 1. The molecule has 0 aromatic rings. The highest BCUT2D eigenvalue weighted by atomic mass is 35.5. The van der Waals surface area contributed by atoms with E-state index in [1.54, 1.807) is 0 Å². The van der Waals surface area contributed by atoms with Gasteiger partial charge in [-0.25, -0.2) is 0 Å². The van der Waals surface area contributed by atoms with Crippen molar-refractivity contribution in [2.75, 3.05) is 26.2 Å². The zero-order chi connectivity index (χ0) is 13.7. The van der Waals surface area contributed by atoms with Crippen molar-refractivity contribution in [2.24, 2.45) is 5.73 Å². The van der Waals surface area contributed by atoms with E-state index >= 15 is 0 Å². The first kappa shape index (κ1) is 22.6. The van der Waals surface area contributed by atoms with Crippen molar-refractivity contribution in [3.63, 3.8) is 0 Å². The minimum Gasteiger partial charge on any atom is -0.394 e. The summed E-state index contributed by atoms with van der Waals surface area (Å²) in [6.07, 6.45) is -3.99. The summed E-state index contributed by atoms with van der Waals surface area (Å²) in [5.74, 6) is 0. The Morgan fingerprint density at radius 3 is 1.85 bits per heavy atom. The fourth-order valence-electron chi connectivity index (χ4n) is 2.07. The Morgan fingerprint density at radius 2 is 1.40 bits per heavy atom. The van der Waals surface area contributed by atoms with Gasteiger partial charge in [0.1, 0.15) is 18.3 Å². The lowest BCUT2D eigenvalue weighted by Gasteiger charge is -2.34. The molecule has 4 atom stereocenters. The van der Waals surface area contributed by atoms with Crippen LogP contribution in [0, 0.1) is 0 Å². The van der Waals surface area contributed by atoms with E-state index in [9.17, 15) is 20.4 Å². The summed E-state index contributed by atoms with van der Waals surface area (Å²) in [6, 6.07) is 0.185. The topological polar surface area (TPSA) is 130 Å². The van der Waals surface area contributed by atoms with Gasteiger partial charge in [0, 0.05) is 12.6 Å². The second-order valence-corrected chi connectivity index (χ2v) is 4.94. The molecule has 7 nitrogen and oxygen atoms in total. The number of halogens is 2. The normalized spacial score (nSPS) is 23.1. The fraction of sp³-hybridized carbons (Fsp3) is 1.00. The quantitative estimate of drug-likeness (QED) is 0.321. The summed E-state index contributed by atoms with van der Waals surface area (Å²) in [5.41, 5.74) is 5.75. The van der Waals surface area contributed by atoms with Gasteiger partial charge in [0.15, 0.2) is 0 Å². The Morgan fingerprint density at radius 1 is 0.950 bits per heavy atom. The summed E-state index contributed by atoms with van der Waals surface area (Å²) >= 11 is 0. The second-order valence-electron chi connectivity index (χ2n) is 4.94. The van der Waals surface area contributed by atoms with Gasteiger partial charge in [-0.05, 0) is 25.9 Å². The molecule has 1 aliphatic rings. The van der Waals surface area contributed by atoms with Crippen molar-refractivity contribution in [1.82, 2.24) is 4.90 Å². The number of aliphatic hydroxyl groups excluding tert-OH is 5. The number of piperidine rings is 1. The molecular weight excluding hydrogens is 311 g/mol. The Kier molecular flexibility index (Phi) is 12.4. The van der Waals surface area contributed by atoms with E-state index in [1.165, 1.54) is 0 Å². The van der Waals surface area contributed by atoms with Gasteiger partial charge in [0.05, 0.1) is 12.7 Å². The molecule has 7 N–H and O–H groups in total. The molecule has 124 valence electrons. The van der Waals surface area contributed by atoms with Crippen LogP contribution in [0.2, 0.25) is 0 Å². The summed E-state index contributed by atoms with van der Waals surface area (Å²) in [6.45, 7) is 1.03. The van der Waals surface area contributed by atoms with Crippen LogP contribution >= 0.6 is 24.8 Å². The lowest BCUT2D eigenvalue weighted by atomic mass is 10.0. The number of hydrogen-bond acceptors (Lipinski definition) is 7. The Hall–Kier alpha value is 0.300. The summed E-state index contributed by atoms with van der Waals surface area (Å²) in [7, 11) is 0. The first-order valence-corrected chi connectivity index (χ1v) is 6.26. The SMILES string of the molecule is Cl.Cl.NC1CCN(CC(O)[C@@H](O)[C@H](O)[C@H](O)CO)CC1. The van der Waals surface area contributed by atoms with E-state index in [0.717, 1.165) is 25.9 Å². The van der Waals surface area contributed by atoms with Crippen molar-refractivity contribution in [3.05, 3.63) is 0 Å². The van der Waals surface area contributed by atoms with E-state index in [-0.39, 0.29) is 37.4 Å². The molecule has 1 unspecified atom stereocenters. The Balaban J connectivity index is 0. The van der Waals surface area contributed by atoms with Gasteiger partial charge in [0.2, 0.25) is 0 Å². The van der Waals surface area contributed by atoms with Crippen molar-refractivity contribution in [1.29, 1.82) is 0 Å². The first-order chi connectivity index (χ1) is 8.45. The van der Waals surface area contributed by atoms with Crippen LogP contribution in [0.5, 0.6) is 0 Å². The van der Waals surface area contributed by atoms with Crippen LogP contribution in [0.1, 0.15) is 12.8 Å². The highest BCUT2D eigenvalue weighted by Crippen LogP contribution is 2.11. The third kappa shape index (κ3) is 6.84. The van der Waals surface area contributed by atoms with Crippen molar-refractivity contribution < 1.29 is 25.5 Å². The van der Waals surface area contributed by atoms with Crippen molar-refractivity contribution in [2.45, 2.75) is 43.3 Å². The molecule has 1 heterocycles. The number of nitrogens with zero attached hydrogens (tertiary/aromatic N) is 1. The fourth-order valence-corrected chi connectivity index (χ4v) is 2.07. The molecule has 0 aromatic heterocycles. The van der Waals surface area contributed by atoms with Gasteiger partial charge in [0.25, 0.3) is 0 Å². The molecule has 0 aliphatic carbocycles. The van der Waals surface area contributed by atoms with Gasteiger partial charge in [-0.1, -0.05) is 0 Å². The highest BCUT2D eigenvalue weighted by Gasteiger charge is 2.31. The summed E-state index contributed by atoms with van der Waals surface area (Å²) in [5, 5.41) is 46.7. The van der Waals surface area contributed by atoms with E-state index in [0.29, 0.717) is 0 Å². The van der Waals surface area contributed by atoms with Crippen LogP contribution < -0.4 is 5.73 Å². The molecule has 1 saturated heterocycles. The molecule has 1 fully saturated rings. The van der Waals surface area contributed by atoms with Gasteiger partial charge in [-0.2, -0.15) is 0 Å². The van der Waals surface area contributed by atoms with E-state index in [4.69, 9.17) is 10.8 Å². The molecule has 1 rings (SSSR count). The number of likely N-dealkylation sites (tertiary alicyclic amines) is 1. The molecule has 0 amide bonds. The molecule has 0 saturated carbocycles. The Labute approximate surface area is 131 Å². The third-order valence-corrected chi connectivity index (χ3v) is 3.40. The largest absolute Gasteiger partial charge is 0.394 e. The van der Waals surface area contributed by atoms with Crippen LogP contribution in [0.3, 0.4) is 0 Å². The summed E-state index contributed by atoms with van der Waals surface area (Å²) < 4.78 is 0. The van der Waals surface area contributed by atoms with Gasteiger partial charge >= 0.3 is 0 Å². The minimum atomic E-state index is -1.56. The lowest BCUT2D eigenvalue weighted by molar-refractivity contribution is -0.120. The maximum Gasteiger partial charge on any atom is 0.111 e. The predicted molar refractivity (Wildman–Crippen MR) is 79.3 cm³/mol. The van der Waals surface area contributed by atoms with Crippen LogP contribution in [0.15, 0.2) is 0 Å². The number of hydrogen-bond donors (Lipinski definition) is 6. The van der Waals surface area contributed by atoms with Crippen molar-refractivity contribution in [3.8, 4) is 0 Å². The highest BCUT2D eigenvalue weighted by molar-refractivity contribution is 5.85. The van der Waals surface area contributed by atoms with Gasteiger partial charge in [-0.15, -0.1) is 24.8 Å². The van der Waals surface area contributed by atoms with Crippen LogP contribution in [-0.2, 0) is 0 Å². The Bertz CT molecular complexity index is 245. The average molecular weight is 337 g/mol. The molecule has 20 heavy (non-hydrogen) atoms. The third-order valence-electron chi connectivity index (χ3n) is 3.40. The molecule has 0 aromatic carbocycles. The zero-order valence-corrected chi connectivity index (χ0v) is 12.8. The van der Waals surface area contributed by atoms with Crippen LogP contribution in [0.25, 0.3) is 0 Å². The average Bonchev–Trinajstić information content (AvgIpc) is 2.38. The maximum atomic E-state index is 9.78. The van der Waals surface area contributed by atoms with E-state index in [1.807, 2.05) is 4.90 Å². The molecule has 0 radical (unpaired) electrons. The predicted octanol–water partition coefficient (Wildman–Crippen LogP) is -2.31. The molecular formula is C11H26Cl2N2O5. The van der Waals surface area contributed by atoms with E-state index < -0.39 is 31.0 Å².